The van der Waals surface area contributed by atoms with E-state index in [0.717, 1.165) is 5.56 Å². The summed E-state index contributed by atoms with van der Waals surface area (Å²) in [7, 11) is 0. The quantitative estimate of drug-likeness (QED) is 0.727. The highest BCUT2D eigenvalue weighted by molar-refractivity contribution is 5.97. The van der Waals surface area contributed by atoms with Crippen LogP contribution in [0.2, 0.25) is 0 Å². The highest BCUT2D eigenvalue weighted by Crippen LogP contribution is 2.07. The van der Waals surface area contributed by atoms with E-state index in [2.05, 4.69) is 5.32 Å². The van der Waals surface area contributed by atoms with E-state index < -0.39 is 5.97 Å². The van der Waals surface area contributed by atoms with Gasteiger partial charge in [-0.1, -0.05) is 18.2 Å². The van der Waals surface area contributed by atoms with E-state index in [1.807, 2.05) is 6.07 Å². The Bertz CT molecular complexity index is 404. The molecule has 0 aliphatic carbocycles. The fourth-order valence-corrected chi connectivity index (χ4v) is 1.38. The van der Waals surface area contributed by atoms with Crippen LogP contribution in [0.15, 0.2) is 24.3 Å². The molecule has 1 amide bonds. The van der Waals surface area contributed by atoms with Gasteiger partial charge in [0.15, 0.2) is 0 Å². The number of rotatable bonds is 5. The molecule has 0 bridgehead atoms. The average Bonchev–Trinajstić information content (AvgIpc) is 2.36. The zero-order chi connectivity index (χ0) is 12.7. The first-order valence-corrected chi connectivity index (χ1v) is 5.40. The molecular formula is C12H16N2O3. The second-order valence-corrected chi connectivity index (χ2v) is 3.35. The second kappa shape index (κ2) is 6.65. The van der Waals surface area contributed by atoms with Crippen LogP contribution in [0.1, 0.15) is 22.8 Å². The summed E-state index contributed by atoms with van der Waals surface area (Å²) in [6, 6.07) is 7.00. The number of nitrogens with two attached hydrogens (primary N) is 1. The van der Waals surface area contributed by atoms with Crippen molar-refractivity contribution < 1.29 is 14.3 Å². The molecule has 0 aromatic heterocycles. The van der Waals surface area contributed by atoms with Gasteiger partial charge in [0.1, 0.15) is 6.54 Å². The fraction of sp³-hybridized carbons (Fsp3) is 0.333. The number of hydrogen-bond donors (Lipinski definition) is 2. The molecule has 0 fully saturated rings. The van der Waals surface area contributed by atoms with Gasteiger partial charge in [-0.25, -0.2) is 0 Å². The van der Waals surface area contributed by atoms with Gasteiger partial charge in [-0.2, -0.15) is 0 Å². The highest BCUT2D eigenvalue weighted by Gasteiger charge is 2.11. The summed E-state index contributed by atoms with van der Waals surface area (Å²) in [4.78, 5) is 22.8. The van der Waals surface area contributed by atoms with Crippen molar-refractivity contribution in [2.24, 2.45) is 5.73 Å². The predicted octanol–water partition coefficient (Wildman–Crippen LogP) is 0.438. The molecule has 0 atom stereocenters. The third-order valence-electron chi connectivity index (χ3n) is 2.18. The second-order valence-electron chi connectivity index (χ2n) is 3.35. The first-order chi connectivity index (χ1) is 8.19. The van der Waals surface area contributed by atoms with Crippen molar-refractivity contribution in [2.45, 2.75) is 13.5 Å². The summed E-state index contributed by atoms with van der Waals surface area (Å²) in [6.07, 6.45) is 0. The molecular weight excluding hydrogens is 220 g/mol. The first kappa shape index (κ1) is 13.2. The van der Waals surface area contributed by atoms with Crippen LogP contribution in [0.3, 0.4) is 0 Å². The summed E-state index contributed by atoms with van der Waals surface area (Å²) in [5.74, 6) is -0.773. The molecule has 5 heteroatoms. The van der Waals surface area contributed by atoms with Gasteiger partial charge < -0.3 is 15.8 Å². The van der Waals surface area contributed by atoms with E-state index in [-0.39, 0.29) is 19.0 Å². The molecule has 0 saturated heterocycles. The zero-order valence-corrected chi connectivity index (χ0v) is 9.73. The number of nitrogens with one attached hydrogen (secondary N) is 1. The minimum atomic E-state index is -0.453. The lowest BCUT2D eigenvalue weighted by molar-refractivity contribution is -0.141. The van der Waals surface area contributed by atoms with E-state index in [0.29, 0.717) is 12.2 Å². The molecule has 1 aromatic carbocycles. The van der Waals surface area contributed by atoms with Crippen molar-refractivity contribution in [1.82, 2.24) is 5.32 Å². The van der Waals surface area contributed by atoms with Crippen molar-refractivity contribution >= 4 is 11.9 Å². The fourth-order valence-electron chi connectivity index (χ4n) is 1.38. The number of benzene rings is 1. The van der Waals surface area contributed by atoms with Gasteiger partial charge in [-0.3, -0.25) is 9.59 Å². The summed E-state index contributed by atoms with van der Waals surface area (Å²) >= 11 is 0. The maximum atomic E-state index is 11.8. The van der Waals surface area contributed by atoms with Crippen molar-refractivity contribution in [3.63, 3.8) is 0 Å². The Morgan fingerprint density at radius 1 is 1.35 bits per heavy atom. The molecule has 0 spiro atoms. The van der Waals surface area contributed by atoms with E-state index in [9.17, 15) is 9.59 Å². The predicted molar refractivity (Wildman–Crippen MR) is 63.3 cm³/mol. The van der Waals surface area contributed by atoms with Crippen LogP contribution in [0.25, 0.3) is 0 Å². The number of carbonyl (C=O) groups is 2. The summed E-state index contributed by atoms with van der Waals surface area (Å²) in [5, 5.41) is 2.49. The Balaban J connectivity index is 2.61. The van der Waals surface area contributed by atoms with Crippen LogP contribution in [0.4, 0.5) is 0 Å². The van der Waals surface area contributed by atoms with E-state index >= 15 is 0 Å². The normalized spacial score (nSPS) is 9.76. The van der Waals surface area contributed by atoms with Gasteiger partial charge in [-0.05, 0) is 18.6 Å². The Labute approximate surface area is 99.9 Å². The van der Waals surface area contributed by atoms with E-state index in [1.54, 1.807) is 25.1 Å². The van der Waals surface area contributed by atoms with Crippen LogP contribution < -0.4 is 11.1 Å². The molecule has 17 heavy (non-hydrogen) atoms. The maximum Gasteiger partial charge on any atom is 0.325 e. The highest BCUT2D eigenvalue weighted by atomic mass is 16.5. The molecule has 92 valence electrons. The van der Waals surface area contributed by atoms with E-state index in [1.165, 1.54) is 0 Å². The minimum absolute atomic E-state index is 0.133. The van der Waals surface area contributed by atoms with Crippen molar-refractivity contribution in [3.05, 3.63) is 35.4 Å². The van der Waals surface area contributed by atoms with Crippen LogP contribution in [0.5, 0.6) is 0 Å². The van der Waals surface area contributed by atoms with Crippen LogP contribution in [-0.4, -0.2) is 25.0 Å². The molecule has 0 saturated carbocycles. The Morgan fingerprint density at radius 3 is 2.71 bits per heavy atom. The molecule has 1 rings (SSSR count). The van der Waals surface area contributed by atoms with Gasteiger partial charge >= 0.3 is 5.97 Å². The van der Waals surface area contributed by atoms with Gasteiger partial charge in [0.25, 0.3) is 5.91 Å². The molecule has 0 aliphatic rings. The molecule has 3 N–H and O–H groups in total. The molecule has 0 heterocycles. The zero-order valence-electron chi connectivity index (χ0n) is 9.73. The molecule has 1 aromatic rings. The number of amides is 1. The topological polar surface area (TPSA) is 81.4 Å². The number of esters is 1. The molecule has 0 radical (unpaired) electrons. The number of hydrogen-bond acceptors (Lipinski definition) is 4. The molecule has 0 aliphatic heterocycles. The Hall–Kier alpha value is -1.88. The number of ether oxygens (including phenoxy) is 1. The monoisotopic (exact) mass is 236 g/mol. The Morgan fingerprint density at radius 2 is 2.06 bits per heavy atom. The van der Waals surface area contributed by atoms with Gasteiger partial charge in [0.2, 0.25) is 0 Å². The average molecular weight is 236 g/mol. The smallest absolute Gasteiger partial charge is 0.325 e. The Kier molecular flexibility index (Phi) is 5.16. The van der Waals surface area contributed by atoms with Crippen molar-refractivity contribution in [1.29, 1.82) is 0 Å². The molecule has 0 unspecified atom stereocenters. The van der Waals surface area contributed by atoms with Gasteiger partial charge in [0.05, 0.1) is 6.61 Å². The standard InChI is InChI=1S/C12H16N2O3/c1-2-17-11(15)8-14-12(16)10-6-4-3-5-9(10)7-13/h3-6H,2,7-8,13H2,1H3,(H,14,16). The largest absolute Gasteiger partial charge is 0.465 e. The minimum Gasteiger partial charge on any atom is -0.465 e. The molecule has 5 nitrogen and oxygen atoms in total. The first-order valence-electron chi connectivity index (χ1n) is 5.40. The van der Waals surface area contributed by atoms with Crippen molar-refractivity contribution in [3.8, 4) is 0 Å². The van der Waals surface area contributed by atoms with E-state index in [4.69, 9.17) is 10.5 Å². The van der Waals surface area contributed by atoms with Crippen LogP contribution >= 0.6 is 0 Å². The lowest BCUT2D eigenvalue weighted by Gasteiger charge is -2.08. The number of carbonyl (C=O) groups excluding carboxylic acids is 2. The SMILES string of the molecule is CCOC(=O)CNC(=O)c1ccccc1CN. The van der Waals surface area contributed by atoms with Crippen LogP contribution in [0, 0.1) is 0 Å². The third kappa shape index (κ3) is 3.88. The summed E-state index contributed by atoms with van der Waals surface area (Å²) in [5.41, 5.74) is 6.75. The lowest BCUT2D eigenvalue weighted by Crippen LogP contribution is -2.31. The summed E-state index contributed by atoms with van der Waals surface area (Å²) in [6.45, 7) is 2.16. The van der Waals surface area contributed by atoms with Gasteiger partial charge in [0, 0.05) is 12.1 Å². The van der Waals surface area contributed by atoms with Gasteiger partial charge in [-0.15, -0.1) is 0 Å². The third-order valence-corrected chi connectivity index (χ3v) is 2.18. The lowest BCUT2D eigenvalue weighted by atomic mass is 10.1. The van der Waals surface area contributed by atoms with Crippen molar-refractivity contribution in [2.75, 3.05) is 13.2 Å². The maximum absolute atomic E-state index is 11.8. The van der Waals surface area contributed by atoms with Crippen LogP contribution in [-0.2, 0) is 16.1 Å². The summed E-state index contributed by atoms with van der Waals surface area (Å²) < 4.78 is 4.71.